The third-order valence-electron chi connectivity index (χ3n) is 11.3. The molecule has 2 heterocycles. The number of aromatic nitrogens is 4. The summed E-state index contributed by atoms with van der Waals surface area (Å²) in [5.74, 6) is -0.603. The summed E-state index contributed by atoms with van der Waals surface area (Å²) in [5, 5.41) is 16.7. The average Bonchev–Trinajstić information content (AvgIpc) is 3.75. The highest BCUT2D eigenvalue weighted by Crippen LogP contribution is 2.37. The topological polar surface area (TPSA) is 206 Å². The maximum atomic E-state index is 13.6. The minimum absolute atomic E-state index is 0.0418. The number of carbonyl (C=O) groups excluding carboxylic acids is 2. The Morgan fingerprint density at radius 2 is 1.40 bits per heavy atom. The molecule has 4 aromatic rings. The number of ether oxygens (including phenoxy) is 1. The standard InChI is InChI=1S/C44H67ClN8O7S2/c1-10-12-13-14-15-16-17-18-19-22-28-61(56,57)51-31-24-23-25-32(29-31)52-62(58,59)35(11-2)40(55)46-33-26-20-21-27-34(33)60-30-36(54)47-44(8,9)43(6,7)41-49-48-39-37(45)38(42(3,4)5)50-53(39)41/h20-21,23-27,29,35,50-52H,10-19,22,28,30H2,1-9H3,(H,46,55)(H,47,54). The van der Waals surface area contributed by atoms with Crippen LogP contribution < -0.4 is 24.8 Å². The summed E-state index contributed by atoms with van der Waals surface area (Å²) >= 11 is 6.67. The van der Waals surface area contributed by atoms with E-state index < -0.39 is 54.7 Å². The molecule has 5 N–H and O–H groups in total. The number of carbonyl (C=O) groups is 2. The minimum Gasteiger partial charge on any atom is -0.482 e. The molecule has 0 saturated heterocycles. The second-order valence-corrected chi connectivity index (χ2v) is 22.1. The van der Waals surface area contributed by atoms with Crippen molar-refractivity contribution in [3.05, 3.63) is 65.1 Å². The van der Waals surface area contributed by atoms with Gasteiger partial charge in [0, 0.05) is 16.4 Å². The minimum atomic E-state index is -4.32. The quantitative estimate of drug-likeness (QED) is 0.0402. The molecular formula is C44H67ClN8O7S2. The normalized spacial score (nSPS) is 13.2. The second-order valence-electron chi connectivity index (χ2n) is 18.0. The average molecular weight is 920 g/mol. The molecule has 0 radical (unpaired) electrons. The zero-order valence-corrected chi connectivity index (χ0v) is 40.2. The largest absolute Gasteiger partial charge is 0.482 e. The summed E-state index contributed by atoms with van der Waals surface area (Å²) in [6.07, 6.45) is 10.8. The number of benzene rings is 2. The van der Waals surface area contributed by atoms with E-state index in [1.54, 1.807) is 35.7 Å². The van der Waals surface area contributed by atoms with Crippen LogP contribution in [-0.2, 0) is 40.5 Å². The molecule has 0 fully saturated rings. The number of amides is 2. The Kier molecular flexibility index (Phi) is 17.3. The van der Waals surface area contributed by atoms with Crippen molar-refractivity contribution < 1.29 is 31.2 Å². The van der Waals surface area contributed by atoms with Gasteiger partial charge in [-0.1, -0.05) is 136 Å². The Morgan fingerprint density at radius 3 is 2.02 bits per heavy atom. The number of anilines is 3. The van der Waals surface area contributed by atoms with Gasteiger partial charge in [-0.3, -0.25) is 24.1 Å². The molecule has 15 nitrogen and oxygen atoms in total. The second kappa shape index (κ2) is 21.3. The first-order chi connectivity index (χ1) is 29.0. The summed E-state index contributed by atoms with van der Waals surface area (Å²) in [4.78, 5) is 27.0. The predicted octanol–water partition coefficient (Wildman–Crippen LogP) is 9.08. The third-order valence-corrected chi connectivity index (χ3v) is 14.9. The lowest BCUT2D eigenvalue weighted by atomic mass is 9.73. The van der Waals surface area contributed by atoms with Gasteiger partial charge in [-0.15, -0.1) is 10.2 Å². The SMILES string of the molecule is CCCCCCCCCCCCS(=O)(=O)Nc1cccc(NS(=O)(=O)C(CC)C(=O)Nc2ccccc2OCC(=O)NC(C)(C)C(C)(C)c2nnc3c(Cl)c(C(C)(C)C)[nH]n23)c1. The van der Waals surface area contributed by atoms with Crippen LogP contribution in [0.5, 0.6) is 5.75 Å². The highest BCUT2D eigenvalue weighted by molar-refractivity contribution is 7.94. The Morgan fingerprint density at radius 1 is 0.806 bits per heavy atom. The van der Waals surface area contributed by atoms with Crippen molar-refractivity contribution in [3.8, 4) is 5.75 Å². The van der Waals surface area contributed by atoms with Crippen molar-refractivity contribution in [2.24, 2.45) is 0 Å². The summed E-state index contributed by atoms with van der Waals surface area (Å²) in [5.41, 5.74) is -0.164. The molecule has 2 amide bonds. The number of rotatable bonds is 25. The zero-order chi connectivity index (χ0) is 45.9. The number of halogens is 1. The van der Waals surface area contributed by atoms with Crippen molar-refractivity contribution in [1.29, 1.82) is 0 Å². The summed E-state index contributed by atoms with van der Waals surface area (Å²) in [7, 11) is -7.98. The molecule has 2 aromatic heterocycles. The van der Waals surface area contributed by atoms with Gasteiger partial charge in [0.15, 0.2) is 23.3 Å². The van der Waals surface area contributed by atoms with E-state index >= 15 is 0 Å². The van der Waals surface area contributed by atoms with Crippen molar-refractivity contribution in [3.63, 3.8) is 0 Å². The number of sulfonamides is 2. The molecule has 1 atom stereocenters. The van der Waals surface area contributed by atoms with Crippen LogP contribution in [0, 0.1) is 0 Å². The van der Waals surface area contributed by atoms with Crippen molar-refractivity contribution in [2.45, 2.75) is 155 Å². The molecule has 0 aliphatic heterocycles. The first-order valence-corrected chi connectivity index (χ1v) is 25.2. The van der Waals surface area contributed by atoms with E-state index in [1.807, 2.05) is 48.5 Å². The van der Waals surface area contributed by atoms with Crippen LogP contribution >= 0.6 is 11.6 Å². The van der Waals surface area contributed by atoms with E-state index in [-0.39, 0.29) is 40.4 Å². The predicted molar refractivity (Wildman–Crippen MR) is 249 cm³/mol. The Bertz CT molecular complexity index is 2350. The summed E-state index contributed by atoms with van der Waals surface area (Å²) in [6, 6.07) is 12.3. The first kappa shape index (κ1) is 50.3. The fourth-order valence-corrected chi connectivity index (χ4v) is 10.0. The van der Waals surface area contributed by atoms with E-state index in [9.17, 15) is 26.4 Å². The molecule has 18 heteroatoms. The van der Waals surface area contributed by atoms with Crippen LogP contribution in [0.1, 0.15) is 144 Å². The Hall–Kier alpha value is -4.35. The first-order valence-electron chi connectivity index (χ1n) is 21.6. The van der Waals surface area contributed by atoms with Crippen LogP contribution in [0.4, 0.5) is 17.1 Å². The molecule has 2 aromatic carbocycles. The van der Waals surface area contributed by atoms with Gasteiger partial charge in [0.1, 0.15) is 10.8 Å². The zero-order valence-electron chi connectivity index (χ0n) is 37.8. The molecule has 0 bridgehead atoms. The Labute approximate surface area is 373 Å². The van der Waals surface area contributed by atoms with Crippen LogP contribution in [0.15, 0.2) is 48.5 Å². The van der Waals surface area contributed by atoms with Crippen LogP contribution in [0.3, 0.4) is 0 Å². The van der Waals surface area contributed by atoms with Gasteiger partial charge in [-0.25, -0.2) is 21.4 Å². The molecule has 344 valence electrons. The highest BCUT2D eigenvalue weighted by atomic mass is 35.5. The fourth-order valence-electron chi connectivity index (χ4n) is 7.02. The van der Waals surface area contributed by atoms with Crippen LogP contribution in [-0.4, -0.2) is 71.6 Å². The van der Waals surface area contributed by atoms with Crippen LogP contribution in [0.2, 0.25) is 5.02 Å². The maximum absolute atomic E-state index is 13.6. The van der Waals surface area contributed by atoms with E-state index in [0.717, 1.165) is 25.0 Å². The number of hydrogen-bond acceptors (Lipinski definition) is 9. The molecule has 0 aliphatic carbocycles. The number of para-hydroxylation sites is 2. The molecule has 1 unspecified atom stereocenters. The van der Waals surface area contributed by atoms with Gasteiger partial charge in [0.2, 0.25) is 26.0 Å². The van der Waals surface area contributed by atoms with Crippen molar-refractivity contribution in [2.75, 3.05) is 27.1 Å². The molecule has 0 spiro atoms. The number of nitrogens with zero attached hydrogens (tertiary/aromatic N) is 3. The molecule has 62 heavy (non-hydrogen) atoms. The lowest BCUT2D eigenvalue weighted by Gasteiger charge is -2.40. The molecule has 0 aliphatic rings. The maximum Gasteiger partial charge on any atom is 0.258 e. The lowest BCUT2D eigenvalue weighted by Crippen LogP contribution is -2.57. The highest BCUT2D eigenvalue weighted by Gasteiger charge is 2.44. The number of fused-ring (bicyclic) bond motifs is 1. The monoisotopic (exact) mass is 918 g/mol. The number of unbranched alkanes of at least 4 members (excludes halogenated alkanes) is 9. The van der Waals surface area contributed by atoms with Gasteiger partial charge in [0.25, 0.3) is 5.91 Å². The smallest absolute Gasteiger partial charge is 0.258 e. The van der Waals surface area contributed by atoms with Gasteiger partial charge in [0.05, 0.1) is 28.5 Å². The molecular weight excluding hydrogens is 852 g/mol. The lowest BCUT2D eigenvalue weighted by molar-refractivity contribution is -0.125. The number of aromatic amines is 1. The van der Waals surface area contributed by atoms with Gasteiger partial charge >= 0.3 is 0 Å². The van der Waals surface area contributed by atoms with E-state index in [2.05, 4.69) is 42.3 Å². The van der Waals surface area contributed by atoms with Crippen molar-refractivity contribution in [1.82, 2.24) is 25.1 Å². The number of hydrogen-bond donors (Lipinski definition) is 5. The van der Waals surface area contributed by atoms with Gasteiger partial charge in [-0.2, -0.15) is 0 Å². The van der Waals surface area contributed by atoms with E-state index in [1.165, 1.54) is 62.8 Å². The number of H-pyrrole nitrogens is 1. The Balaban J connectivity index is 1.33. The van der Waals surface area contributed by atoms with E-state index in [4.69, 9.17) is 16.3 Å². The van der Waals surface area contributed by atoms with Gasteiger partial charge < -0.3 is 15.4 Å². The van der Waals surface area contributed by atoms with Gasteiger partial charge in [-0.05, 0) is 57.0 Å². The summed E-state index contributed by atoms with van der Waals surface area (Å²) in [6.45, 7) is 17.1. The van der Waals surface area contributed by atoms with Crippen molar-refractivity contribution >= 4 is 66.2 Å². The molecule has 4 rings (SSSR count). The van der Waals surface area contributed by atoms with E-state index in [0.29, 0.717) is 22.9 Å². The fraction of sp³-hybridized carbons (Fsp3) is 0.591. The molecule has 0 saturated carbocycles. The van der Waals surface area contributed by atoms with Crippen LogP contribution in [0.25, 0.3) is 5.65 Å². The summed E-state index contributed by atoms with van der Waals surface area (Å²) < 4.78 is 65.5. The number of nitrogens with one attached hydrogen (secondary N) is 5. The third kappa shape index (κ3) is 13.3.